The molecule has 4 N–H and O–H groups in total. The molecule has 0 aromatic rings. The van der Waals surface area contributed by atoms with E-state index in [1.54, 1.807) is 0 Å². The number of hydrogen-bond acceptors (Lipinski definition) is 6. The van der Waals surface area contributed by atoms with Crippen molar-refractivity contribution in [3.8, 4) is 0 Å². The van der Waals surface area contributed by atoms with Crippen LogP contribution in [0.15, 0.2) is 0 Å². The molecule has 0 aromatic heterocycles. The molecule has 0 saturated carbocycles. The third kappa shape index (κ3) is 3.36. The lowest BCUT2D eigenvalue weighted by molar-refractivity contribution is -0.247. The zero-order valence-electron chi connectivity index (χ0n) is 12.3. The van der Waals surface area contributed by atoms with E-state index in [-0.39, 0.29) is 11.6 Å². The molecule has 0 amide bonds. The minimum absolute atomic E-state index is 0.0163. The SMILES string of the molecule is CC(C)(C)[Si](C)(C)OC[C@H]1O[C@](O)(CO)[C@@H](O)[C@@H]1O. The third-order valence-electron chi connectivity index (χ3n) is 4.16. The molecule has 0 unspecified atom stereocenters. The highest BCUT2D eigenvalue weighted by atomic mass is 28.4. The van der Waals surface area contributed by atoms with Crippen molar-refractivity contribution in [3.63, 3.8) is 0 Å². The number of aliphatic hydroxyl groups excluding tert-OH is 3. The second-order valence-electron chi connectivity index (χ2n) is 6.67. The van der Waals surface area contributed by atoms with Crippen molar-refractivity contribution in [3.05, 3.63) is 0 Å². The van der Waals surface area contributed by atoms with Crippen LogP contribution in [0, 0.1) is 0 Å². The molecule has 19 heavy (non-hydrogen) atoms. The van der Waals surface area contributed by atoms with E-state index < -0.39 is 39.0 Å². The van der Waals surface area contributed by atoms with Gasteiger partial charge in [0.2, 0.25) is 5.79 Å². The van der Waals surface area contributed by atoms with Crippen LogP contribution in [0.3, 0.4) is 0 Å². The fourth-order valence-electron chi connectivity index (χ4n) is 1.64. The number of aliphatic hydroxyl groups is 4. The van der Waals surface area contributed by atoms with Crippen molar-refractivity contribution >= 4 is 8.32 Å². The maximum absolute atomic E-state index is 9.81. The van der Waals surface area contributed by atoms with Gasteiger partial charge in [-0.1, -0.05) is 20.8 Å². The van der Waals surface area contributed by atoms with Crippen LogP contribution in [-0.2, 0) is 9.16 Å². The van der Waals surface area contributed by atoms with Gasteiger partial charge in [0, 0.05) is 0 Å². The Morgan fingerprint density at radius 3 is 2.16 bits per heavy atom. The molecular formula is C12H26O6Si. The van der Waals surface area contributed by atoms with Crippen molar-refractivity contribution in [2.24, 2.45) is 0 Å². The molecule has 0 aliphatic carbocycles. The first-order chi connectivity index (χ1) is 8.44. The van der Waals surface area contributed by atoms with Gasteiger partial charge >= 0.3 is 0 Å². The van der Waals surface area contributed by atoms with Gasteiger partial charge in [0.25, 0.3) is 0 Å². The van der Waals surface area contributed by atoms with E-state index in [0.29, 0.717) is 0 Å². The van der Waals surface area contributed by atoms with Gasteiger partial charge in [-0.25, -0.2) is 0 Å². The van der Waals surface area contributed by atoms with Crippen molar-refractivity contribution in [1.29, 1.82) is 0 Å². The van der Waals surface area contributed by atoms with Crippen LogP contribution >= 0.6 is 0 Å². The molecule has 4 atom stereocenters. The van der Waals surface area contributed by atoms with Gasteiger partial charge in [0.15, 0.2) is 8.32 Å². The highest BCUT2D eigenvalue weighted by Crippen LogP contribution is 2.37. The number of ether oxygens (including phenoxy) is 1. The van der Waals surface area contributed by atoms with E-state index in [0.717, 1.165) is 0 Å². The van der Waals surface area contributed by atoms with Crippen molar-refractivity contribution in [2.45, 2.75) is 63.0 Å². The first kappa shape index (κ1) is 17.0. The fourth-order valence-corrected chi connectivity index (χ4v) is 2.66. The molecule has 0 spiro atoms. The second-order valence-corrected chi connectivity index (χ2v) is 11.5. The molecule has 1 rings (SSSR count). The molecular weight excluding hydrogens is 268 g/mol. The minimum atomic E-state index is -2.11. The van der Waals surface area contributed by atoms with Crippen molar-refractivity contribution in [1.82, 2.24) is 0 Å². The van der Waals surface area contributed by atoms with E-state index in [1.807, 2.05) is 0 Å². The predicted molar refractivity (Wildman–Crippen MR) is 72.1 cm³/mol. The fraction of sp³-hybridized carbons (Fsp3) is 1.00. The van der Waals surface area contributed by atoms with Crippen LogP contribution < -0.4 is 0 Å². The average molecular weight is 294 g/mol. The maximum atomic E-state index is 9.81. The highest BCUT2D eigenvalue weighted by Gasteiger charge is 2.53. The van der Waals surface area contributed by atoms with E-state index >= 15 is 0 Å². The number of rotatable bonds is 4. The highest BCUT2D eigenvalue weighted by molar-refractivity contribution is 6.74. The smallest absolute Gasteiger partial charge is 0.219 e. The lowest BCUT2D eigenvalue weighted by Gasteiger charge is -2.37. The summed E-state index contributed by atoms with van der Waals surface area (Å²) in [5.41, 5.74) is 0. The van der Waals surface area contributed by atoms with E-state index in [2.05, 4.69) is 33.9 Å². The molecule has 0 radical (unpaired) electrons. The lowest BCUT2D eigenvalue weighted by atomic mass is 10.1. The first-order valence-corrected chi connectivity index (χ1v) is 9.36. The van der Waals surface area contributed by atoms with Crippen LogP contribution in [-0.4, -0.2) is 66.1 Å². The molecule has 114 valence electrons. The van der Waals surface area contributed by atoms with Crippen LogP contribution in [0.2, 0.25) is 18.1 Å². The monoisotopic (exact) mass is 294 g/mol. The third-order valence-corrected chi connectivity index (χ3v) is 8.66. The van der Waals surface area contributed by atoms with Gasteiger partial charge in [-0.2, -0.15) is 0 Å². The molecule has 1 aliphatic heterocycles. The Balaban J connectivity index is 2.66. The standard InChI is InChI=1S/C12H26O6Si/c1-11(2,3)19(4,5)17-6-8-9(14)10(15)12(16,7-13)18-8/h8-10,13-16H,6-7H2,1-5H3/t8-,9-,10+,12-/m1/s1. The second kappa shape index (κ2) is 5.40. The zero-order valence-corrected chi connectivity index (χ0v) is 13.3. The maximum Gasteiger partial charge on any atom is 0.219 e. The summed E-state index contributed by atoms with van der Waals surface area (Å²) in [5.74, 6) is -2.11. The Hall–Kier alpha value is -0.0231. The summed E-state index contributed by atoms with van der Waals surface area (Å²) in [7, 11) is -2.00. The summed E-state index contributed by atoms with van der Waals surface area (Å²) in [6.07, 6.45) is -3.66. The summed E-state index contributed by atoms with van der Waals surface area (Å²) in [6.45, 7) is 9.68. The zero-order chi connectivity index (χ0) is 15.1. The molecule has 1 fully saturated rings. The Bertz CT molecular complexity index is 316. The Morgan fingerprint density at radius 2 is 1.79 bits per heavy atom. The summed E-state index contributed by atoms with van der Waals surface area (Å²) >= 11 is 0. The van der Waals surface area contributed by atoms with Gasteiger partial charge in [-0.15, -0.1) is 0 Å². The first-order valence-electron chi connectivity index (χ1n) is 6.46. The molecule has 6 nitrogen and oxygen atoms in total. The van der Waals surface area contributed by atoms with Crippen molar-refractivity contribution < 1.29 is 29.6 Å². The Kier molecular flexibility index (Phi) is 4.84. The summed E-state index contributed by atoms with van der Waals surface area (Å²) < 4.78 is 11.0. The van der Waals surface area contributed by atoms with E-state index in [1.165, 1.54) is 0 Å². The largest absolute Gasteiger partial charge is 0.414 e. The lowest BCUT2D eigenvalue weighted by Crippen LogP contribution is -2.46. The molecule has 0 aromatic carbocycles. The summed E-state index contributed by atoms with van der Waals surface area (Å²) in [5, 5.41) is 38.3. The van der Waals surface area contributed by atoms with Crippen LogP contribution in [0.25, 0.3) is 0 Å². The number of hydrogen-bond donors (Lipinski definition) is 4. The molecule has 1 heterocycles. The minimum Gasteiger partial charge on any atom is -0.414 e. The summed E-state index contributed by atoms with van der Waals surface area (Å²) in [6, 6.07) is 0. The topological polar surface area (TPSA) is 99.4 Å². The van der Waals surface area contributed by atoms with Gasteiger partial charge in [0.05, 0.1) is 13.2 Å². The van der Waals surface area contributed by atoms with Crippen LogP contribution in [0.4, 0.5) is 0 Å². The molecule has 1 aliphatic rings. The summed E-state index contributed by atoms with van der Waals surface area (Å²) in [4.78, 5) is 0. The van der Waals surface area contributed by atoms with Gasteiger partial charge in [-0.05, 0) is 18.1 Å². The Labute approximate surface area is 115 Å². The predicted octanol–water partition coefficient (Wildman–Crippen LogP) is -0.190. The van der Waals surface area contributed by atoms with Gasteiger partial charge < -0.3 is 29.6 Å². The van der Waals surface area contributed by atoms with Crippen LogP contribution in [0.1, 0.15) is 20.8 Å². The van der Waals surface area contributed by atoms with E-state index in [9.17, 15) is 15.3 Å². The molecule has 0 bridgehead atoms. The average Bonchev–Trinajstić information content (AvgIpc) is 2.51. The van der Waals surface area contributed by atoms with Gasteiger partial charge in [0.1, 0.15) is 18.3 Å². The van der Waals surface area contributed by atoms with E-state index in [4.69, 9.17) is 14.3 Å². The van der Waals surface area contributed by atoms with Crippen LogP contribution in [0.5, 0.6) is 0 Å². The molecule has 1 saturated heterocycles. The Morgan fingerprint density at radius 1 is 1.26 bits per heavy atom. The normalized spacial score (nSPS) is 36.8. The van der Waals surface area contributed by atoms with Gasteiger partial charge in [-0.3, -0.25) is 0 Å². The van der Waals surface area contributed by atoms with Crippen molar-refractivity contribution in [2.75, 3.05) is 13.2 Å². The quantitative estimate of drug-likeness (QED) is 0.536. The molecule has 7 heteroatoms.